The van der Waals surface area contributed by atoms with Gasteiger partial charge in [0, 0.05) is 24.2 Å². The Morgan fingerprint density at radius 2 is 2.16 bits per heavy atom. The van der Waals surface area contributed by atoms with Crippen molar-refractivity contribution in [3.05, 3.63) is 35.1 Å². The number of hydrogen-bond donors (Lipinski definition) is 3. The average molecular weight is 269 g/mol. The van der Waals surface area contributed by atoms with E-state index in [2.05, 4.69) is 5.16 Å². The van der Waals surface area contributed by atoms with Crippen molar-refractivity contribution >= 4 is 5.84 Å². The van der Waals surface area contributed by atoms with Gasteiger partial charge < -0.3 is 16.0 Å². The minimum atomic E-state index is -0.400. The lowest BCUT2D eigenvalue weighted by Gasteiger charge is -2.21. The Bertz CT molecular complexity index is 432. The molecule has 0 spiro atoms. The van der Waals surface area contributed by atoms with Crippen molar-refractivity contribution in [2.24, 2.45) is 10.9 Å². The second-order valence-electron chi connectivity index (χ2n) is 4.29. The van der Waals surface area contributed by atoms with Crippen molar-refractivity contribution < 1.29 is 14.7 Å². The van der Waals surface area contributed by atoms with E-state index in [1.54, 1.807) is 12.1 Å². The van der Waals surface area contributed by atoms with E-state index in [1.165, 1.54) is 6.07 Å². The Hall–Kier alpha value is -1.66. The van der Waals surface area contributed by atoms with Gasteiger partial charge in [0.05, 0.1) is 6.61 Å². The summed E-state index contributed by atoms with van der Waals surface area (Å²) in [4.78, 5) is 1.97. The largest absolute Gasteiger partial charge is 0.409 e. The van der Waals surface area contributed by atoms with Gasteiger partial charge in [0.1, 0.15) is 5.82 Å². The van der Waals surface area contributed by atoms with Gasteiger partial charge in [-0.15, -0.1) is 0 Å². The molecule has 106 valence electrons. The standard InChI is InChI=1S/C13H20FN3O2/c1-2-5-17(6-7-18)9-11-4-3-10(8-12(11)14)13(15)16-19/h3-4,8,18-19H,2,5-7,9H2,1H3,(H2,15,16). The Morgan fingerprint density at radius 3 is 2.68 bits per heavy atom. The zero-order valence-corrected chi connectivity index (χ0v) is 11.0. The molecule has 1 aromatic rings. The third-order valence-corrected chi connectivity index (χ3v) is 2.81. The van der Waals surface area contributed by atoms with Crippen LogP contribution in [-0.4, -0.2) is 40.7 Å². The van der Waals surface area contributed by atoms with Gasteiger partial charge in [-0.05, 0) is 19.0 Å². The molecule has 0 atom stereocenters. The van der Waals surface area contributed by atoms with Crippen molar-refractivity contribution in [1.82, 2.24) is 4.90 Å². The molecule has 6 heteroatoms. The highest BCUT2D eigenvalue weighted by molar-refractivity contribution is 5.97. The summed E-state index contributed by atoms with van der Waals surface area (Å²) in [7, 11) is 0. The first-order valence-corrected chi connectivity index (χ1v) is 6.21. The summed E-state index contributed by atoms with van der Waals surface area (Å²) in [6.07, 6.45) is 0.934. The zero-order valence-electron chi connectivity index (χ0n) is 11.0. The third kappa shape index (κ3) is 4.50. The lowest BCUT2D eigenvalue weighted by atomic mass is 10.1. The van der Waals surface area contributed by atoms with Crippen LogP contribution in [0, 0.1) is 5.82 Å². The topological polar surface area (TPSA) is 82.1 Å². The molecule has 19 heavy (non-hydrogen) atoms. The molecular weight excluding hydrogens is 249 g/mol. The summed E-state index contributed by atoms with van der Waals surface area (Å²) < 4.78 is 13.9. The molecule has 0 aliphatic carbocycles. The van der Waals surface area contributed by atoms with E-state index in [9.17, 15) is 4.39 Å². The molecule has 4 N–H and O–H groups in total. The number of oxime groups is 1. The van der Waals surface area contributed by atoms with Crippen LogP contribution in [0.4, 0.5) is 4.39 Å². The lowest BCUT2D eigenvalue weighted by Crippen LogP contribution is -2.27. The van der Waals surface area contributed by atoms with Crippen LogP contribution in [0.1, 0.15) is 24.5 Å². The quantitative estimate of drug-likeness (QED) is 0.300. The van der Waals surface area contributed by atoms with Crippen molar-refractivity contribution in [3.8, 4) is 0 Å². The number of halogens is 1. The molecular formula is C13H20FN3O2. The maximum Gasteiger partial charge on any atom is 0.170 e. The van der Waals surface area contributed by atoms with Crippen LogP contribution < -0.4 is 5.73 Å². The number of rotatable bonds is 7. The van der Waals surface area contributed by atoms with E-state index >= 15 is 0 Å². The molecule has 0 saturated heterocycles. The highest BCUT2D eigenvalue weighted by atomic mass is 19.1. The van der Waals surface area contributed by atoms with Gasteiger partial charge >= 0.3 is 0 Å². The highest BCUT2D eigenvalue weighted by Crippen LogP contribution is 2.13. The molecule has 1 rings (SSSR count). The maximum absolute atomic E-state index is 13.9. The Balaban J connectivity index is 2.83. The summed E-state index contributed by atoms with van der Waals surface area (Å²) in [5.74, 6) is -0.519. The first kappa shape index (κ1) is 15.4. The Kier molecular flexibility index (Phi) is 6.24. The molecule has 0 amide bonds. The van der Waals surface area contributed by atoms with Crippen LogP contribution in [0.5, 0.6) is 0 Å². The molecule has 0 unspecified atom stereocenters. The van der Waals surface area contributed by atoms with Crippen LogP contribution in [-0.2, 0) is 6.54 Å². The number of aliphatic hydroxyl groups excluding tert-OH is 1. The van der Waals surface area contributed by atoms with Gasteiger partial charge in [0.25, 0.3) is 0 Å². The molecule has 0 fully saturated rings. The first-order valence-electron chi connectivity index (χ1n) is 6.21. The molecule has 0 aromatic heterocycles. The monoisotopic (exact) mass is 269 g/mol. The maximum atomic E-state index is 13.9. The van der Waals surface area contributed by atoms with Gasteiger partial charge in [0.2, 0.25) is 0 Å². The van der Waals surface area contributed by atoms with Crippen molar-refractivity contribution in [2.45, 2.75) is 19.9 Å². The van der Waals surface area contributed by atoms with Crippen LogP contribution in [0.2, 0.25) is 0 Å². The third-order valence-electron chi connectivity index (χ3n) is 2.81. The van der Waals surface area contributed by atoms with E-state index in [0.717, 1.165) is 13.0 Å². The molecule has 5 nitrogen and oxygen atoms in total. The smallest absolute Gasteiger partial charge is 0.170 e. The Morgan fingerprint density at radius 1 is 1.42 bits per heavy atom. The van der Waals surface area contributed by atoms with Crippen molar-refractivity contribution in [1.29, 1.82) is 0 Å². The molecule has 1 aromatic carbocycles. The van der Waals surface area contributed by atoms with E-state index in [4.69, 9.17) is 16.0 Å². The number of amidine groups is 1. The van der Waals surface area contributed by atoms with E-state index in [0.29, 0.717) is 24.2 Å². The SMILES string of the molecule is CCCN(CCO)Cc1ccc(C(N)=NO)cc1F. The minimum Gasteiger partial charge on any atom is -0.409 e. The number of hydrogen-bond acceptors (Lipinski definition) is 4. The van der Waals surface area contributed by atoms with Crippen molar-refractivity contribution in [2.75, 3.05) is 19.7 Å². The fourth-order valence-corrected chi connectivity index (χ4v) is 1.86. The van der Waals surface area contributed by atoms with Gasteiger partial charge in [-0.3, -0.25) is 4.90 Å². The molecule has 0 aliphatic heterocycles. The van der Waals surface area contributed by atoms with Gasteiger partial charge in [-0.25, -0.2) is 4.39 Å². The molecule has 0 heterocycles. The number of nitrogens with zero attached hydrogens (tertiary/aromatic N) is 2. The Labute approximate surface area is 112 Å². The van der Waals surface area contributed by atoms with Crippen LogP contribution in [0.25, 0.3) is 0 Å². The summed E-state index contributed by atoms with van der Waals surface area (Å²) in [6.45, 7) is 3.81. The summed E-state index contributed by atoms with van der Waals surface area (Å²) in [5.41, 5.74) is 6.26. The van der Waals surface area contributed by atoms with Gasteiger partial charge in [0.15, 0.2) is 5.84 Å². The van der Waals surface area contributed by atoms with Crippen LogP contribution >= 0.6 is 0 Å². The lowest BCUT2D eigenvalue weighted by molar-refractivity contribution is 0.189. The minimum absolute atomic E-state index is 0.0455. The van der Waals surface area contributed by atoms with Crippen molar-refractivity contribution in [3.63, 3.8) is 0 Å². The van der Waals surface area contributed by atoms with E-state index < -0.39 is 5.82 Å². The number of benzene rings is 1. The van der Waals surface area contributed by atoms with Crippen LogP contribution in [0.15, 0.2) is 23.4 Å². The molecule has 0 bridgehead atoms. The summed E-state index contributed by atoms with van der Waals surface area (Å²) in [5, 5.41) is 20.3. The van der Waals surface area contributed by atoms with Gasteiger partial charge in [-0.1, -0.05) is 24.2 Å². The second kappa shape index (κ2) is 7.70. The van der Waals surface area contributed by atoms with E-state index in [1.807, 2.05) is 11.8 Å². The first-order chi connectivity index (χ1) is 9.12. The molecule has 0 aliphatic rings. The predicted octanol–water partition coefficient (Wildman–Crippen LogP) is 1.12. The number of nitrogens with two attached hydrogens (primary N) is 1. The van der Waals surface area contributed by atoms with E-state index in [-0.39, 0.29) is 12.4 Å². The normalized spacial score (nSPS) is 12.1. The summed E-state index contributed by atoms with van der Waals surface area (Å²) in [6, 6.07) is 4.47. The summed E-state index contributed by atoms with van der Waals surface area (Å²) >= 11 is 0. The zero-order chi connectivity index (χ0) is 14.3. The average Bonchev–Trinajstić information content (AvgIpc) is 2.40. The van der Waals surface area contributed by atoms with Crippen LogP contribution in [0.3, 0.4) is 0 Å². The predicted molar refractivity (Wildman–Crippen MR) is 71.6 cm³/mol. The molecule has 0 radical (unpaired) electrons. The second-order valence-corrected chi connectivity index (χ2v) is 4.29. The highest BCUT2D eigenvalue weighted by Gasteiger charge is 2.10. The van der Waals surface area contributed by atoms with Gasteiger partial charge in [-0.2, -0.15) is 0 Å². The molecule has 0 saturated carbocycles. The number of aliphatic hydroxyl groups is 1. The fraction of sp³-hybridized carbons (Fsp3) is 0.462. The fourth-order valence-electron chi connectivity index (χ4n) is 1.86.